The van der Waals surface area contributed by atoms with E-state index in [1.165, 1.54) is 12.1 Å². The fourth-order valence-electron chi connectivity index (χ4n) is 3.12. The van der Waals surface area contributed by atoms with Gasteiger partial charge in [-0.15, -0.1) is 0 Å². The van der Waals surface area contributed by atoms with Crippen molar-refractivity contribution in [2.75, 3.05) is 18.0 Å². The topological polar surface area (TPSA) is 28.0 Å². The van der Waals surface area contributed by atoms with Crippen molar-refractivity contribution in [2.24, 2.45) is 10.2 Å². The molecule has 2 rings (SSSR count). The molecule has 0 fully saturated rings. The first-order valence-electron chi connectivity index (χ1n) is 10.5. The van der Waals surface area contributed by atoms with E-state index in [2.05, 4.69) is 10.2 Å². The molecular formula is C22H18F13N3. The summed E-state index contributed by atoms with van der Waals surface area (Å²) < 4.78 is 173. The molecule has 0 aliphatic heterocycles. The van der Waals surface area contributed by atoms with Crippen LogP contribution in [0, 0.1) is 0 Å². The molecule has 212 valence electrons. The number of hydrogen-bond donors (Lipinski definition) is 0. The maximum absolute atomic E-state index is 14.2. The second-order valence-corrected chi connectivity index (χ2v) is 7.81. The van der Waals surface area contributed by atoms with Crippen LogP contribution in [0.15, 0.2) is 58.8 Å². The largest absolute Gasteiger partial charge is 0.460 e. The summed E-state index contributed by atoms with van der Waals surface area (Å²) in [6.07, 6.45) is -7.45. The van der Waals surface area contributed by atoms with Crippen LogP contribution in [0.2, 0.25) is 0 Å². The minimum absolute atomic E-state index is 0.0296. The van der Waals surface area contributed by atoms with Crippen LogP contribution in [0.3, 0.4) is 0 Å². The van der Waals surface area contributed by atoms with E-state index in [9.17, 15) is 57.1 Å². The highest BCUT2D eigenvalue weighted by Gasteiger charge is 2.90. The molecule has 2 aromatic carbocycles. The molecule has 0 saturated carbocycles. The number of alkyl halides is 13. The van der Waals surface area contributed by atoms with Crippen LogP contribution < -0.4 is 4.90 Å². The SMILES string of the molecule is CCN(CC)c1ccc(N=Nc2ccc(C(F)(F)C(F)(F)C(F)(F)C(F)(F)C(F)(F)C(F)(F)F)cc2)cc1. The molecule has 0 amide bonds. The van der Waals surface area contributed by atoms with Crippen molar-refractivity contribution in [1.82, 2.24) is 0 Å². The van der Waals surface area contributed by atoms with Gasteiger partial charge in [-0.05, 0) is 50.2 Å². The van der Waals surface area contributed by atoms with Crippen LogP contribution in [-0.4, -0.2) is 43.0 Å². The molecule has 0 aromatic heterocycles. The van der Waals surface area contributed by atoms with Gasteiger partial charge in [-0.25, -0.2) is 0 Å². The number of anilines is 1. The molecule has 0 N–H and O–H groups in total. The highest BCUT2D eigenvalue weighted by molar-refractivity contribution is 5.53. The third-order valence-corrected chi connectivity index (χ3v) is 5.42. The highest BCUT2D eigenvalue weighted by atomic mass is 19.4. The van der Waals surface area contributed by atoms with Crippen molar-refractivity contribution in [3.8, 4) is 0 Å². The molecule has 0 heterocycles. The second-order valence-electron chi connectivity index (χ2n) is 7.81. The number of benzene rings is 2. The number of azo groups is 1. The van der Waals surface area contributed by atoms with Gasteiger partial charge in [0.25, 0.3) is 0 Å². The minimum Gasteiger partial charge on any atom is -0.372 e. The van der Waals surface area contributed by atoms with E-state index in [-0.39, 0.29) is 23.5 Å². The first-order valence-corrected chi connectivity index (χ1v) is 10.5. The molecule has 0 atom stereocenters. The molecule has 0 bridgehead atoms. The van der Waals surface area contributed by atoms with Crippen molar-refractivity contribution in [2.45, 2.75) is 49.6 Å². The van der Waals surface area contributed by atoms with Crippen LogP contribution in [0.4, 0.5) is 74.1 Å². The lowest BCUT2D eigenvalue weighted by Crippen LogP contribution is -2.69. The molecule has 0 aliphatic carbocycles. The Bertz CT molecular complexity index is 1100. The molecule has 0 unspecified atom stereocenters. The zero-order chi connectivity index (χ0) is 29.4. The van der Waals surface area contributed by atoms with Gasteiger partial charge in [0.1, 0.15) is 0 Å². The molecular weight excluding hydrogens is 553 g/mol. The first kappa shape index (κ1) is 31.1. The van der Waals surface area contributed by atoms with E-state index < -0.39 is 41.4 Å². The summed E-state index contributed by atoms with van der Waals surface area (Å²) in [6.45, 7) is 5.26. The van der Waals surface area contributed by atoms with Gasteiger partial charge in [0.05, 0.1) is 11.4 Å². The quantitative estimate of drug-likeness (QED) is 0.207. The first-order chi connectivity index (χ1) is 17.2. The Kier molecular flexibility index (Phi) is 8.40. The van der Waals surface area contributed by atoms with E-state index in [4.69, 9.17) is 0 Å². The summed E-state index contributed by atoms with van der Waals surface area (Å²) in [6, 6.07) is 7.56. The normalized spacial score (nSPS) is 14.3. The lowest BCUT2D eigenvalue weighted by molar-refractivity contribution is -0.441. The molecule has 0 aliphatic rings. The Morgan fingerprint density at radius 2 is 0.895 bits per heavy atom. The molecule has 2 aromatic rings. The van der Waals surface area contributed by atoms with E-state index in [0.29, 0.717) is 25.2 Å². The van der Waals surface area contributed by atoms with Crippen LogP contribution in [0.5, 0.6) is 0 Å². The Morgan fingerprint density at radius 3 is 1.26 bits per heavy atom. The van der Waals surface area contributed by atoms with E-state index in [1.807, 2.05) is 18.7 Å². The maximum Gasteiger partial charge on any atom is 0.460 e. The number of nitrogens with zero attached hydrogens (tertiary/aromatic N) is 3. The summed E-state index contributed by atoms with van der Waals surface area (Å²) in [5, 5.41) is 7.36. The minimum atomic E-state index is -7.94. The monoisotopic (exact) mass is 571 g/mol. The van der Waals surface area contributed by atoms with Gasteiger partial charge in [-0.1, -0.05) is 12.1 Å². The maximum atomic E-state index is 14.2. The Balaban J connectivity index is 2.33. The Labute approximate surface area is 206 Å². The predicted octanol–water partition coefficient (Wildman–Crippen LogP) is 9.14. The van der Waals surface area contributed by atoms with Gasteiger partial charge >= 0.3 is 35.8 Å². The molecule has 16 heteroatoms. The second kappa shape index (κ2) is 10.2. The number of halogens is 13. The zero-order valence-electron chi connectivity index (χ0n) is 19.3. The standard InChI is InChI=1S/C22H18F13N3/c1-3-38(4-2)16-11-9-15(10-12-16)37-36-14-7-5-13(6-8-14)17(23,24)18(25,26)19(27,28)20(29,30)21(31,32)22(33,34)35/h5-12H,3-4H2,1-2H3. The van der Waals surface area contributed by atoms with Crippen molar-refractivity contribution in [1.29, 1.82) is 0 Å². The van der Waals surface area contributed by atoms with Gasteiger partial charge in [0.2, 0.25) is 0 Å². The Hall–Kier alpha value is -3.07. The third kappa shape index (κ3) is 5.13. The van der Waals surface area contributed by atoms with E-state index in [0.717, 1.165) is 5.69 Å². The van der Waals surface area contributed by atoms with Crippen LogP contribution in [0.1, 0.15) is 19.4 Å². The van der Waals surface area contributed by atoms with Crippen molar-refractivity contribution >= 4 is 17.1 Å². The van der Waals surface area contributed by atoms with E-state index in [1.54, 1.807) is 12.1 Å². The fourth-order valence-corrected chi connectivity index (χ4v) is 3.12. The average molecular weight is 571 g/mol. The van der Waals surface area contributed by atoms with Crippen molar-refractivity contribution < 1.29 is 57.1 Å². The summed E-state index contributed by atoms with van der Waals surface area (Å²) in [5.74, 6) is -37.3. The summed E-state index contributed by atoms with van der Waals surface area (Å²) in [7, 11) is 0. The Morgan fingerprint density at radius 1 is 0.526 bits per heavy atom. The lowest BCUT2D eigenvalue weighted by Gasteiger charge is -2.39. The van der Waals surface area contributed by atoms with Gasteiger partial charge in [0.15, 0.2) is 0 Å². The van der Waals surface area contributed by atoms with Gasteiger partial charge in [0, 0.05) is 24.3 Å². The molecule has 0 saturated heterocycles. The van der Waals surface area contributed by atoms with Gasteiger partial charge in [-0.3, -0.25) is 0 Å². The highest BCUT2D eigenvalue weighted by Crippen LogP contribution is 2.62. The number of rotatable bonds is 10. The molecule has 0 spiro atoms. The van der Waals surface area contributed by atoms with Crippen molar-refractivity contribution in [3.05, 3.63) is 54.1 Å². The summed E-state index contributed by atoms with van der Waals surface area (Å²) >= 11 is 0. The van der Waals surface area contributed by atoms with Crippen molar-refractivity contribution in [3.63, 3.8) is 0 Å². The zero-order valence-corrected chi connectivity index (χ0v) is 19.3. The number of hydrogen-bond acceptors (Lipinski definition) is 3. The average Bonchev–Trinajstić information content (AvgIpc) is 2.83. The fraction of sp³-hybridized carbons (Fsp3) is 0.455. The third-order valence-electron chi connectivity index (χ3n) is 5.42. The van der Waals surface area contributed by atoms with Crippen LogP contribution >= 0.6 is 0 Å². The lowest BCUT2D eigenvalue weighted by atomic mass is 9.90. The molecule has 3 nitrogen and oxygen atoms in total. The van der Waals surface area contributed by atoms with Crippen LogP contribution in [0.25, 0.3) is 0 Å². The van der Waals surface area contributed by atoms with Gasteiger partial charge in [-0.2, -0.15) is 67.3 Å². The van der Waals surface area contributed by atoms with E-state index >= 15 is 0 Å². The summed E-state index contributed by atoms with van der Waals surface area (Å²) in [4.78, 5) is 2.00. The molecule has 0 radical (unpaired) electrons. The van der Waals surface area contributed by atoms with Gasteiger partial charge < -0.3 is 4.90 Å². The van der Waals surface area contributed by atoms with Crippen LogP contribution in [-0.2, 0) is 5.92 Å². The summed E-state index contributed by atoms with van der Waals surface area (Å²) in [5.41, 5.74) is -1.29. The predicted molar refractivity (Wildman–Crippen MR) is 110 cm³/mol. The molecule has 38 heavy (non-hydrogen) atoms. The smallest absolute Gasteiger partial charge is 0.372 e.